The van der Waals surface area contributed by atoms with Crippen LogP contribution in [0.1, 0.15) is 25.3 Å². The Bertz CT molecular complexity index is 394. The van der Waals surface area contributed by atoms with E-state index in [1.165, 1.54) is 49.4 Å². The van der Waals surface area contributed by atoms with Crippen molar-refractivity contribution in [3.63, 3.8) is 0 Å². The lowest BCUT2D eigenvalue weighted by molar-refractivity contribution is 0.201. The standard InChI is InChI=1S/C16H24N2S/c1-2-15-12-18(9-10-19-15)14-8-7-13-5-3-4-6-16(13)17-11-14/h3-6,14-15,17H,2,7-12H2,1H3. The normalized spacial score (nSPS) is 28.3. The van der Waals surface area contributed by atoms with E-state index in [0.717, 1.165) is 11.8 Å². The van der Waals surface area contributed by atoms with Crippen LogP contribution in [0, 0.1) is 0 Å². The molecule has 2 nitrogen and oxygen atoms in total. The van der Waals surface area contributed by atoms with Crippen molar-refractivity contribution in [3.05, 3.63) is 29.8 Å². The largest absolute Gasteiger partial charge is 0.383 e. The van der Waals surface area contributed by atoms with Gasteiger partial charge >= 0.3 is 0 Å². The Morgan fingerprint density at radius 2 is 2.26 bits per heavy atom. The van der Waals surface area contributed by atoms with E-state index in [1.807, 2.05) is 0 Å². The van der Waals surface area contributed by atoms with Crippen molar-refractivity contribution in [2.75, 3.05) is 30.7 Å². The molecule has 3 heteroatoms. The number of nitrogens with zero attached hydrogens (tertiary/aromatic N) is 1. The molecule has 2 aliphatic rings. The molecule has 1 aromatic carbocycles. The lowest BCUT2D eigenvalue weighted by Gasteiger charge is -2.37. The minimum absolute atomic E-state index is 0.711. The highest BCUT2D eigenvalue weighted by Crippen LogP contribution is 2.27. The second kappa shape index (κ2) is 6.19. The van der Waals surface area contributed by atoms with Crippen molar-refractivity contribution in [3.8, 4) is 0 Å². The van der Waals surface area contributed by atoms with Crippen LogP contribution in [0.4, 0.5) is 5.69 Å². The van der Waals surface area contributed by atoms with Gasteiger partial charge < -0.3 is 5.32 Å². The first-order chi connectivity index (χ1) is 9.36. The van der Waals surface area contributed by atoms with Crippen LogP contribution in [-0.4, -0.2) is 41.6 Å². The van der Waals surface area contributed by atoms with Crippen molar-refractivity contribution in [2.45, 2.75) is 37.5 Å². The van der Waals surface area contributed by atoms with Crippen LogP contribution in [0.25, 0.3) is 0 Å². The van der Waals surface area contributed by atoms with Gasteiger partial charge in [0.25, 0.3) is 0 Å². The van der Waals surface area contributed by atoms with Crippen LogP contribution in [-0.2, 0) is 6.42 Å². The Morgan fingerprint density at radius 3 is 3.16 bits per heavy atom. The molecule has 0 spiro atoms. The van der Waals surface area contributed by atoms with Gasteiger partial charge in [0.05, 0.1) is 0 Å². The number of anilines is 1. The summed E-state index contributed by atoms with van der Waals surface area (Å²) in [5.74, 6) is 1.31. The molecule has 19 heavy (non-hydrogen) atoms. The molecule has 1 aromatic rings. The average Bonchev–Trinajstić information content (AvgIpc) is 2.70. The summed E-state index contributed by atoms with van der Waals surface area (Å²) in [4.78, 5) is 2.73. The summed E-state index contributed by atoms with van der Waals surface area (Å²) >= 11 is 2.16. The highest BCUT2D eigenvalue weighted by Gasteiger charge is 2.26. The fourth-order valence-corrected chi connectivity index (χ4v) is 4.40. The first-order valence-corrected chi connectivity index (χ1v) is 8.59. The Labute approximate surface area is 121 Å². The number of hydrogen-bond acceptors (Lipinski definition) is 3. The van der Waals surface area contributed by atoms with E-state index in [-0.39, 0.29) is 0 Å². The molecule has 2 aliphatic heterocycles. The Hall–Kier alpha value is -0.670. The van der Waals surface area contributed by atoms with E-state index >= 15 is 0 Å². The predicted molar refractivity (Wildman–Crippen MR) is 85.2 cm³/mol. The lowest BCUT2D eigenvalue weighted by Crippen LogP contribution is -2.47. The fraction of sp³-hybridized carbons (Fsp3) is 0.625. The van der Waals surface area contributed by atoms with Crippen molar-refractivity contribution in [2.24, 2.45) is 0 Å². The topological polar surface area (TPSA) is 15.3 Å². The number of aryl methyl sites for hydroxylation is 1. The smallest absolute Gasteiger partial charge is 0.0373 e. The summed E-state index contributed by atoms with van der Waals surface area (Å²) in [5.41, 5.74) is 2.84. The molecule has 2 unspecified atom stereocenters. The molecule has 0 aromatic heterocycles. The van der Waals surface area contributed by atoms with Gasteiger partial charge in [-0.25, -0.2) is 0 Å². The Balaban J connectivity index is 1.65. The van der Waals surface area contributed by atoms with E-state index in [4.69, 9.17) is 0 Å². The van der Waals surface area contributed by atoms with Gasteiger partial charge in [-0.05, 0) is 30.9 Å². The predicted octanol–water partition coefficient (Wildman–Crippen LogP) is 3.24. The second-order valence-electron chi connectivity index (χ2n) is 5.63. The van der Waals surface area contributed by atoms with E-state index in [1.54, 1.807) is 0 Å². The molecule has 0 amide bonds. The SMILES string of the molecule is CCC1CN(C2CCc3ccccc3NC2)CCS1. The average molecular weight is 276 g/mol. The third kappa shape index (κ3) is 3.09. The second-order valence-corrected chi connectivity index (χ2v) is 7.03. The zero-order chi connectivity index (χ0) is 13.1. The highest BCUT2D eigenvalue weighted by atomic mass is 32.2. The van der Waals surface area contributed by atoms with Crippen LogP contribution in [0.3, 0.4) is 0 Å². The molecule has 1 saturated heterocycles. The summed E-state index contributed by atoms with van der Waals surface area (Å²) < 4.78 is 0. The molecule has 3 rings (SSSR count). The van der Waals surface area contributed by atoms with Crippen LogP contribution >= 0.6 is 11.8 Å². The van der Waals surface area contributed by atoms with Gasteiger partial charge in [0, 0.05) is 42.4 Å². The molecular formula is C16H24N2S. The molecule has 2 atom stereocenters. The summed E-state index contributed by atoms with van der Waals surface area (Å²) in [5, 5.41) is 4.50. The summed E-state index contributed by atoms with van der Waals surface area (Å²) in [6, 6.07) is 9.49. The first-order valence-electron chi connectivity index (χ1n) is 7.54. The highest BCUT2D eigenvalue weighted by molar-refractivity contribution is 8.00. The molecular weight excluding hydrogens is 252 g/mol. The maximum Gasteiger partial charge on any atom is 0.0373 e. The Morgan fingerprint density at radius 1 is 1.37 bits per heavy atom. The van der Waals surface area contributed by atoms with Gasteiger partial charge in [-0.15, -0.1) is 0 Å². The van der Waals surface area contributed by atoms with Gasteiger partial charge in [0.15, 0.2) is 0 Å². The van der Waals surface area contributed by atoms with Gasteiger partial charge in [-0.3, -0.25) is 4.90 Å². The molecule has 0 radical (unpaired) electrons. The minimum Gasteiger partial charge on any atom is -0.383 e. The van der Waals surface area contributed by atoms with Crippen LogP contribution < -0.4 is 5.32 Å². The van der Waals surface area contributed by atoms with E-state index in [0.29, 0.717) is 6.04 Å². The molecule has 0 saturated carbocycles. The summed E-state index contributed by atoms with van der Waals surface area (Å²) in [6.45, 7) is 5.98. The minimum atomic E-state index is 0.711. The summed E-state index contributed by atoms with van der Waals surface area (Å²) in [7, 11) is 0. The third-order valence-electron chi connectivity index (χ3n) is 4.43. The van der Waals surface area contributed by atoms with Gasteiger partial charge in [0.2, 0.25) is 0 Å². The van der Waals surface area contributed by atoms with Gasteiger partial charge in [0.1, 0.15) is 0 Å². The fourth-order valence-electron chi connectivity index (χ4n) is 3.20. The Kier molecular flexibility index (Phi) is 4.34. The van der Waals surface area contributed by atoms with Crippen LogP contribution in [0.15, 0.2) is 24.3 Å². The van der Waals surface area contributed by atoms with Gasteiger partial charge in [-0.1, -0.05) is 25.1 Å². The summed E-state index contributed by atoms with van der Waals surface area (Å²) in [6.07, 6.45) is 3.82. The third-order valence-corrected chi connectivity index (χ3v) is 5.81. The van der Waals surface area contributed by atoms with Crippen LogP contribution in [0.2, 0.25) is 0 Å². The zero-order valence-electron chi connectivity index (χ0n) is 11.8. The van der Waals surface area contributed by atoms with E-state index in [9.17, 15) is 0 Å². The molecule has 0 aliphatic carbocycles. The lowest BCUT2D eigenvalue weighted by atomic mass is 10.0. The molecule has 1 N–H and O–H groups in total. The van der Waals surface area contributed by atoms with E-state index in [2.05, 4.69) is 53.2 Å². The number of fused-ring (bicyclic) bond motifs is 1. The van der Waals surface area contributed by atoms with Gasteiger partial charge in [-0.2, -0.15) is 11.8 Å². The number of rotatable bonds is 2. The van der Waals surface area contributed by atoms with Crippen molar-refractivity contribution >= 4 is 17.4 Å². The number of para-hydroxylation sites is 1. The first kappa shape index (κ1) is 13.3. The molecule has 2 heterocycles. The molecule has 104 valence electrons. The number of nitrogens with one attached hydrogen (secondary N) is 1. The zero-order valence-corrected chi connectivity index (χ0v) is 12.6. The quantitative estimate of drug-likeness (QED) is 0.893. The van der Waals surface area contributed by atoms with Crippen molar-refractivity contribution < 1.29 is 0 Å². The van der Waals surface area contributed by atoms with E-state index < -0.39 is 0 Å². The number of thioether (sulfide) groups is 1. The monoisotopic (exact) mass is 276 g/mol. The maximum atomic E-state index is 3.66. The number of hydrogen-bond donors (Lipinski definition) is 1. The maximum absolute atomic E-state index is 3.66. The number of benzene rings is 1. The molecule has 0 bridgehead atoms. The van der Waals surface area contributed by atoms with Crippen molar-refractivity contribution in [1.82, 2.24) is 4.90 Å². The molecule has 1 fully saturated rings. The van der Waals surface area contributed by atoms with Crippen molar-refractivity contribution in [1.29, 1.82) is 0 Å². The van der Waals surface area contributed by atoms with Crippen LogP contribution in [0.5, 0.6) is 0 Å².